The number of carbonyl (C=O) groups is 1. The van der Waals surface area contributed by atoms with E-state index in [4.69, 9.17) is 0 Å². The lowest BCUT2D eigenvalue weighted by Gasteiger charge is -2.20. The van der Waals surface area contributed by atoms with Gasteiger partial charge in [-0.05, 0) is 12.8 Å². The van der Waals surface area contributed by atoms with Crippen molar-refractivity contribution in [2.75, 3.05) is 0 Å². The molecule has 0 spiro atoms. The maximum absolute atomic E-state index is 11.9. The molecule has 0 unspecified atom stereocenters. The van der Waals surface area contributed by atoms with E-state index in [1.54, 1.807) is 0 Å². The van der Waals surface area contributed by atoms with Crippen LogP contribution in [0.5, 0.6) is 0 Å². The third-order valence-corrected chi connectivity index (χ3v) is 3.90. The van der Waals surface area contributed by atoms with Crippen LogP contribution in [-0.2, 0) is 4.79 Å². The Kier molecular flexibility index (Phi) is 9.49. The van der Waals surface area contributed by atoms with Gasteiger partial charge in [0.1, 0.15) is 5.78 Å². The van der Waals surface area contributed by atoms with E-state index >= 15 is 0 Å². The largest absolute Gasteiger partial charge is 0.299 e. The van der Waals surface area contributed by atoms with Gasteiger partial charge in [-0.3, -0.25) is 4.79 Å². The normalized spacial score (nSPS) is 11.8. The first-order chi connectivity index (χ1) is 8.04. The van der Waals surface area contributed by atoms with Crippen LogP contribution in [-0.4, -0.2) is 5.78 Å². The molecule has 0 aliphatic carbocycles. The second kappa shape index (κ2) is 9.67. The Labute approximate surface area is 108 Å². The Balaban J connectivity index is 3.37. The van der Waals surface area contributed by atoms with Crippen LogP contribution in [0, 0.1) is 5.41 Å². The van der Waals surface area contributed by atoms with Gasteiger partial charge in [0.05, 0.1) is 0 Å². The first kappa shape index (κ1) is 16.7. The summed E-state index contributed by atoms with van der Waals surface area (Å²) in [5.74, 6) is 0.450. The van der Waals surface area contributed by atoms with Crippen molar-refractivity contribution in [1.29, 1.82) is 0 Å². The summed E-state index contributed by atoms with van der Waals surface area (Å²) in [5.41, 5.74) is -0.0961. The molecular weight excluding hydrogens is 208 g/mol. The molecule has 0 N–H and O–H groups in total. The minimum absolute atomic E-state index is 0.0961. The molecule has 0 saturated carbocycles. The predicted molar refractivity (Wildman–Crippen MR) is 76.3 cm³/mol. The highest BCUT2D eigenvalue weighted by atomic mass is 16.1. The van der Waals surface area contributed by atoms with E-state index in [0.717, 1.165) is 19.3 Å². The monoisotopic (exact) mass is 240 g/mol. The number of carbonyl (C=O) groups excluding carboxylic acids is 1. The van der Waals surface area contributed by atoms with E-state index in [2.05, 4.69) is 27.7 Å². The first-order valence-corrected chi connectivity index (χ1v) is 7.58. The Bertz CT molecular complexity index is 194. The number of rotatable bonds is 11. The van der Waals surface area contributed by atoms with E-state index < -0.39 is 0 Å². The van der Waals surface area contributed by atoms with Crippen LogP contribution >= 0.6 is 0 Å². The third kappa shape index (κ3) is 8.40. The molecule has 1 nitrogen and oxygen atoms in total. The van der Waals surface area contributed by atoms with Crippen molar-refractivity contribution in [2.24, 2.45) is 5.41 Å². The zero-order valence-electron chi connectivity index (χ0n) is 12.5. The van der Waals surface area contributed by atoms with Crippen LogP contribution < -0.4 is 0 Å². The van der Waals surface area contributed by atoms with E-state index in [-0.39, 0.29) is 5.41 Å². The summed E-state index contributed by atoms with van der Waals surface area (Å²) in [7, 11) is 0. The van der Waals surface area contributed by atoms with Gasteiger partial charge in [0.2, 0.25) is 0 Å². The minimum atomic E-state index is -0.0961. The second-order valence-corrected chi connectivity index (χ2v) is 5.89. The fourth-order valence-corrected chi connectivity index (χ4v) is 1.95. The molecule has 0 aromatic rings. The highest BCUT2D eigenvalue weighted by Crippen LogP contribution is 2.24. The van der Waals surface area contributed by atoms with Gasteiger partial charge in [0, 0.05) is 11.8 Å². The molecule has 0 bridgehead atoms. The average Bonchev–Trinajstić information content (AvgIpc) is 2.32. The lowest BCUT2D eigenvalue weighted by Crippen LogP contribution is -2.22. The number of hydrogen-bond donors (Lipinski definition) is 0. The van der Waals surface area contributed by atoms with Gasteiger partial charge < -0.3 is 0 Å². The minimum Gasteiger partial charge on any atom is -0.299 e. The summed E-state index contributed by atoms with van der Waals surface area (Å²) in [4.78, 5) is 11.9. The summed E-state index contributed by atoms with van der Waals surface area (Å²) in [6.45, 7) is 8.49. The summed E-state index contributed by atoms with van der Waals surface area (Å²) in [6, 6.07) is 0. The van der Waals surface area contributed by atoms with Crippen molar-refractivity contribution < 1.29 is 4.79 Å². The van der Waals surface area contributed by atoms with Crippen LogP contribution in [0.3, 0.4) is 0 Å². The van der Waals surface area contributed by atoms with Crippen molar-refractivity contribution in [3.8, 4) is 0 Å². The van der Waals surface area contributed by atoms with Gasteiger partial charge in [-0.25, -0.2) is 0 Å². The second-order valence-electron chi connectivity index (χ2n) is 5.89. The molecule has 0 aliphatic rings. The molecule has 102 valence electrons. The summed E-state index contributed by atoms with van der Waals surface area (Å²) < 4.78 is 0. The Morgan fingerprint density at radius 2 is 1.29 bits per heavy atom. The molecule has 0 aromatic carbocycles. The van der Waals surface area contributed by atoms with Gasteiger partial charge in [0.25, 0.3) is 0 Å². The summed E-state index contributed by atoms with van der Waals surface area (Å²) >= 11 is 0. The molecule has 0 aliphatic heterocycles. The average molecular weight is 240 g/mol. The smallest absolute Gasteiger partial charge is 0.138 e. The van der Waals surface area contributed by atoms with Gasteiger partial charge in [-0.15, -0.1) is 0 Å². The van der Waals surface area contributed by atoms with Gasteiger partial charge in [0.15, 0.2) is 0 Å². The highest BCUT2D eigenvalue weighted by molar-refractivity contribution is 5.83. The predicted octanol–water partition coefficient (Wildman–Crippen LogP) is 5.52. The topological polar surface area (TPSA) is 17.1 Å². The lowest BCUT2D eigenvalue weighted by molar-refractivity contribution is -0.127. The molecule has 0 atom stereocenters. The van der Waals surface area contributed by atoms with Crippen LogP contribution in [0.25, 0.3) is 0 Å². The van der Waals surface area contributed by atoms with Crippen molar-refractivity contribution in [3.63, 3.8) is 0 Å². The maximum Gasteiger partial charge on any atom is 0.138 e. The fourth-order valence-electron chi connectivity index (χ4n) is 1.95. The number of ketones is 1. The SMILES string of the molecule is CCCCCCCCCCC(=O)C(C)(C)CC. The maximum atomic E-state index is 11.9. The number of unbranched alkanes of at least 4 members (excludes halogenated alkanes) is 7. The lowest BCUT2D eigenvalue weighted by atomic mass is 9.83. The van der Waals surface area contributed by atoms with Crippen molar-refractivity contribution >= 4 is 5.78 Å². The third-order valence-electron chi connectivity index (χ3n) is 3.90. The standard InChI is InChI=1S/C16H32O/c1-5-7-8-9-10-11-12-13-14-15(17)16(3,4)6-2/h5-14H2,1-4H3. The molecule has 0 amide bonds. The van der Waals surface area contributed by atoms with Crippen LogP contribution in [0.4, 0.5) is 0 Å². The first-order valence-electron chi connectivity index (χ1n) is 7.58. The molecule has 0 radical (unpaired) electrons. The van der Waals surface area contributed by atoms with E-state index in [9.17, 15) is 4.79 Å². The Morgan fingerprint density at radius 1 is 0.824 bits per heavy atom. The molecule has 0 heterocycles. The van der Waals surface area contributed by atoms with Crippen LogP contribution in [0.1, 0.15) is 91.9 Å². The molecular formula is C16H32O. The molecule has 0 aromatic heterocycles. The Hall–Kier alpha value is -0.330. The molecule has 0 rings (SSSR count). The zero-order chi connectivity index (χ0) is 13.1. The molecule has 17 heavy (non-hydrogen) atoms. The highest BCUT2D eigenvalue weighted by Gasteiger charge is 2.23. The fraction of sp³-hybridized carbons (Fsp3) is 0.938. The Morgan fingerprint density at radius 3 is 1.76 bits per heavy atom. The van der Waals surface area contributed by atoms with Crippen molar-refractivity contribution in [2.45, 2.75) is 91.9 Å². The van der Waals surface area contributed by atoms with Crippen molar-refractivity contribution in [3.05, 3.63) is 0 Å². The molecule has 1 heteroatoms. The number of hydrogen-bond acceptors (Lipinski definition) is 1. The quantitative estimate of drug-likeness (QED) is 0.434. The van der Waals surface area contributed by atoms with E-state index in [1.165, 1.54) is 44.9 Å². The van der Waals surface area contributed by atoms with Crippen LogP contribution in [0.2, 0.25) is 0 Å². The summed E-state index contributed by atoms with van der Waals surface area (Å²) in [6.07, 6.45) is 12.2. The molecule has 0 fully saturated rings. The van der Waals surface area contributed by atoms with Crippen LogP contribution in [0.15, 0.2) is 0 Å². The zero-order valence-corrected chi connectivity index (χ0v) is 12.5. The van der Waals surface area contributed by atoms with E-state index in [1.807, 2.05) is 0 Å². The van der Waals surface area contributed by atoms with Gasteiger partial charge in [-0.2, -0.15) is 0 Å². The van der Waals surface area contributed by atoms with E-state index in [0.29, 0.717) is 5.78 Å². The molecule has 0 saturated heterocycles. The summed E-state index contributed by atoms with van der Waals surface area (Å²) in [5, 5.41) is 0. The number of Topliss-reactive ketones (excluding diaryl/α,β-unsaturated/α-hetero) is 1. The van der Waals surface area contributed by atoms with Gasteiger partial charge in [-0.1, -0.05) is 72.6 Å². The van der Waals surface area contributed by atoms with Crippen molar-refractivity contribution in [1.82, 2.24) is 0 Å². The van der Waals surface area contributed by atoms with Gasteiger partial charge >= 0.3 is 0 Å².